The van der Waals surface area contributed by atoms with Gasteiger partial charge in [0, 0.05) is 25.2 Å². The van der Waals surface area contributed by atoms with Crippen molar-refractivity contribution in [2.45, 2.75) is 19.9 Å². The van der Waals surface area contributed by atoms with E-state index in [1.165, 1.54) is 6.07 Å². The largest absolute Gasteiger partial charge is 0.378 e. The number of nitro benzene ring substituents is 1. The van der Waals surface area contributed by atoms with Crippen LogP contribution in [0.15, 0.2) is 24.3 Å². The maximum absolute atomic E-state index is 10.8. The maximum atomic E-state index is 10.8. The van der Waals surface area contributed by atoms with Crippen molar-refractivity contribution in [1.82, 2.24) is 4.90 Å². The molecule has 0 saturated heterocycles. The molecule has 94 valence electrons. The molecule has 0 fully saturated rings. The van der Waals surface area contributed by atoms with Gasteiger partial charge in [0.1, 0.15) is 5.69 Å². The average molecular weight is 237 g/mol. The summed E-state index contributed by atoms with van der Waals surface area (Å²) in [7, 11) is 2.03. The first-order valence-corrected chi connectivity index (χ1v) is 5.70. The van der Waals surface area contributed by atoms with Crippen molar-refractivity contribution in [3.8, 4) is 0 Å². The summed E-state index contributed by atoms with van der Waals surface area (Å²) >= 11 is 0. The third-order valence-corrected chi connectivity index (χ3v) is 2.76. The fourth-order valence-electron chi connectivity index (χ4n) is 1.41. The van der Waals surface area contributed by atoms with Gasteiger partial charge in [-0.2, -0.15) is 0 Å². The van der Waals surface area contributed by atoms with Gasteiger partial charge in [-0.1, -0.05) is 12.1 Å². The van der Waals surface area contributed by atoms with E-state index in [0.29, 0.717) is 18.3 Å². The van der Waals surface area contributed by atoms with Gasteiger partial charge in [-0.05, 0) is 27.0 Å². The molecule has 1 rings (SSSR count). The van der Waals surface area contributed by atoms with Gasteiger partial charge in [0.15, 0.2) is 0 Å². The fourth-order valence-corrected chi connectivity index (χ4v) is 1.41. The predicted molar refractivity (Wildman–Crippen MR) is 69.4 cm³/mol. The SMILES string of the molecule is CC(C)N(C)CCNc1ccccc1[N+](=O)[O-]. The number of hydrogen-bond donors (Lipinski definition) is 1. The second-order valence-electron chi connectivity index (χ2n) is 4.28. The molecule has 17 heavy (non-hydrogen) atoms. The first-order valence-electron chi connectivity index (χ1n) is 5.70. The molecular formula is C12H19N3O2. The Morgan fingerprint density at radius 1 is 1.41 bits per heavy atom. The normalized spacial score (nSPS) is 10.9. The topological polar surface area (TPSA) is 58.4 Å². The molecule has 5 heteroatoms. The van der Waals surface area contributed by atoms with Crippen LogP contribution in [0.25, 0.3) is 0 Å². The Morgan fingerprint density at radius 2 is 2.06 bits per heavy atom. The van der Waals surface area contributed by atoms with Crippen LogP contribution in [0.5, 0.6) is 0 Å². The van der Waals surface area contributed by atoms with Gasteiger partial charge in [-0.15, -0.1) is 0 Å². The van der Waals surface area contributed by atoms with Crippen molar-refractivity contribution < 1.29 is 4.92 Å². The standard InChI is InChI=1S/C12H19N3O2/c1-10(2)14(3)9-8-13-11-6-4-5-7-12(11)15(16)17/h4-7,10,13H,8-9H2,1-3H3. The van der Waals surface area contributed by atoms with Crippen LogP contribution < -0.4 is 5.32 Å². The zero-order valence-corrected chi connectivity index (χ0v) is 10.5. The quantitative estimate of drug-likeness (QED) is 0.609. The average Bonchev–Trinajstić information content (AvgIpc) is 2.29. The minimum absolute atomic E-state index is 0.125. The number of nitrogens with zero attached hydrogens (tertiary/aromatic N) is 2. The third kappa shape index (κ3) is 4.03. The van der Waals surface area contributed by atoms with Crippen LogP contribution in [0, 0.1) is 10.1 Å². The predicted octanol–water partition coefficient (Wildman–Crippen LogP) is 2.35. The molecule has 0 atom stereocenters. The molecule has 1 aromatic rings. The van der Waals surface area contributed by atoms with Gasteiger partial charge in [0.05, 0.1) is 4.92 Å². The van der Waals surface area contributed by atoms with E-state index in [1.807, 2.05) is 7.05 Å². The Balaban J connectivity index is 2.55. The highest BCUT2D eigenvalue weighted by molar-refractivity contribution is 5.60. The van der Waals surface area contributed by atoms with Crippen molar-refractivity contribution in [3.63, 3.8) is 0 Å². The van der Waals surface area contributed by atoms with E-state index in [0.717, 1.165) is 6.54 Å². The van der Waals surface area contributed by atoms with Crippen LogP contribution in [0.3, 0.4) is 0 Å². The second-order valence-corrected chi connectivity index (χ2v) is 4.28. The lowest BCUT2D eigenvalue weighted by atomic mass is 10.2. The Morgan fingerprint density at radius 3 is 2.65 bits per heavy atom. The molecule has 0 aromatic heterocycles. The van der Waals surface area contributed by atoms with E-state index in [4.69, 9.17) is 0 Å². The molecule has 0 heterocycles. The molecule has 1 aromatic carbocycles. The highest BCUT2D eigenvalue weighted by Crippen LogP contribution is 2.22. The number of para-hydroxylation sites is 2. The van der Waals surface area contributed by atoms with Gasteiger partial charge in [-0.25, -0.2) is 0 Å². The summed E-state index contributed by atoms with van der Waals surface area (Å²) in [5, 5.41) is 13.9. The summed E-state index contributed by atoms with van der Waals surface area (Å²) in [5.74, 6) is 0. The smallest absolute Gasteiger partial charge is 0.292 e. The number of benzene rings is 1. The lowest BCUT2D eigenvalue weighted by Gasteiger charge is -2.21. The zero-order chi connectivity index (χ0) is 12.8. The Bertz CT molecular complexity index is 380. The number of rotatable bonds is 6. The Kier molecular flexibility index (Phi) is 4.90. The van der Waals surface area contributed by atoms with Crippen LogP contribution in [0.4, 0.5) is 11.4 Å². The minimum Gasteiger partial charge on any atom is -0.378 e. The summed E-state index contributed by atoms with van der Waals surface area (Å²) in [6.07, 6.45) is 0. The van der Waals surface area contributed by atoms with Crippen molar-refractivity contribution in [2.24, 2.45) is 0 Å². The van der Waals surface area contributed by atoms with Crippen molar-refractivity contribution >= 4 is 11.4 Å². The third-order valence-electron chi connectivity index (χ3n) is 2.76. The first-order chi connectivity index (χ1) is 8.02. The van der Waals surface area contributed by atoms with Gasteiger partial charge < -0.3 is 10.2 Å². The molecule has 0 aliphatic rings. The van der Waals surface area contributed by atoms with Crippen LogP contribution in [-0.2, 0) is 0 Å². The molecule has 0 unspecified atom stereocenters. The highest BCUT2D eigenvalue weighted by atomic mass is 16.6. The number of likely N-dealkylation sites (N-methyl/N-ethyl adjacent to an activating group) is 1. The van der Waals surface area contributed by atoms with E-state index in [9.17, 15) is 10.1 Å². The van der Waals surface area contributed by atoms with Crippen molar-refractivity contribution in [3.05, 3.63) is 34.4 Å². The molecule has 0 aliphatic heterocycles. The van der Waals surface area contributed by atoms with Crippen LogP contribution in [0.1, 0.15) is 13.8 Å². The molecule has 0 radical (unpaired) electrons. The molecule has 5 nitrogen and oxygen atoms in total. The van der Waals surface area contributed by atoms with E-state index in [-0.39, 0.29) is 10.6 Å². The van der Waals surface area contributed by atoms with Crippen molar-refractivity contribution in [2.75, 3.05) is 25.5 Å². The molecule has 0 saturated carbocycles. The second kappa shape index (κ2) is 6.20. The number of anilines is 1. The van der Waals surface area contributed by atoms with Gasteiger partial charge in [0.25, 0.3) is 5.69 Å². The monoisotopic (exact) mass is 237 g/mol. The van der Waals surface area contributed by atoms with E-state index < -0.39 is 0 Å². The molecule has 0 bridgehead atoms. The molecular weight excluding hydrogens is 218 g/mol. The summed E-state index contributed by atoms with van der Waals surface area (Å²) < 4.78 is 0. The first kappa shape index (κ1) is 13.4. The Labute approximate surface area is 102 Å². The minimum atomic E-state index is -0.367. The number of nitro groups is 1. The lowest BCUT2D eigenvalue weighted by Crippen LogP contribution is -2.31. The van der Waals surface area contributed by atoms with Gasteiger partial charge >= 0.3 is 0 Å². The summed E-state index contributed by atoms with van der Waals surface area (Å²) in [6, 6.07) is 7.18. The van der Waals surface area contributed by atoms with Crippen molar-refractivity contribution in [1.29, 1.82) is 0 Å². The fraction of sp³-hybridized carbons (Fsp3) is 0.500. The highest BCUT2D eigenvalue weighted by Gasteiger charge is 2.11. The lowest BCUT2D eigenvalue weighted by molar-refractivity contribution is -0.384. The molecule has 0 aliphatic carbocycles. The summed E-state index contributed by atoms with van der Waals surface area (Å²) in [4.78, 5) is 12.6. The zero-order valence-electron chi connectivity index (χ0n) is 10.5. The van der Waals surface area contributed by atoms with E-state index in [1.54, 1.807) is 18.2 Å². The van der Waals surface area contributed by atoms with E-state index in [2.05, 4.69) is 24.1 Å². The maximum Gasteiger partial charge on any atom is 0.292 e. The van der Waals surface area contributed by atoms with Gasteiger partial charge in [0.2, 0.25) is 0 Å². The molecule has 0 amide bonds. The van der Waals surface area contributed by atoms with Crippen LogP contribution in [-0.4, -0.2) is 36.0 Å². The molecule has 0 spiro atoms. The number of hydrogen-bond acceptors (Lipinski definition) is 4. The van der Waals surface area contributed by atoms with Crippen LogP contribution in [0.2, 0.25) is 0 Å². The Hall–Kier alpha value is -1.62. The molecule has 1 N–H and O–H groups in total. The van der Waals surface area contributed by atoms with Crippen LogP contribution >= 0.6 is 0 Å². The van der Waals surface area contributed by atoms with E-state index >= 15 is 0 Å². The summed E-state index contributed by atoms with van der Waals surface area (Å²) in [6.45, 7) is 5.78. The number of nitrogens with one attached hydrogen (secondary N) is 1. The van der Waals surface area contributed by atoms with Gasteiger partial charge in [-0.3, -0.25) is 10.1 Å². The summed E-state index contributed by atoms with van der Waals surface area (Å²) in [5.41, 5.74) is 0.703.